The summed E-state index contributed by atoms with van der Waals surface area (Å²) in [6, 6.07) is 4.91. The zero-order chi connectivity index (χ0) is 13.8. The van der Waals surface area contributed by atoms with E-state index in [0.717, 1.165) is 12.5 Å². The fourth-order valence-corrected chi connectivity index (χ4v) is 2.92. The van der Waals surface area contributed by atoms with E-state index >= 15 is 0 Å². The Morgan fingerprint density at radius 1 is 1.37 bits per heavy atom. The molecule has 0 heterocycles. The second-order valence-electron chi connectivity index (χ2n) is 5.53. The van der Waals surface area contributed by atoms with Crippen LogP contribution in [-0.2, 0) is 0 Å². The molecule has 2 rings (SSSR count). The summed E-state index contributed by atoms with van der Waals surface area (Å²) in [5.74, 6) is 1.16. The normalized spacial score (nSPS) is 23.1. The Labute approximate surface area is 119 Å². The molecule has 0 unspecified atom stereocenters. The predicted molar refractivity (Wildman–Crippen MR) is 81.9 cm³/mol. The number of hydrogen-bond donors (Lipinski definition) is 2. The summed E-state index contributed by atoms with van der Waals surface area (Å²) in [6.07, 6.45) is 5.06. The monoisotopic (exact) mass is 280 g/mol. The molecule has 1 saturated carbocycles. The second-order valence-corrected chi connectivity index (χ2v) is 5.97. The van der Waals surface area contributed by atoms with E-state index in [0.29, 0.717) is 17.2 Å². The lowest BCUT2D eigenvalue weighted by molar-refractivity contribution is 0.300. The van der Waals surface area contributed by atoms with Crippen molar-refractivity contribution in [2.45, 2.75) is 32.6 Å². The molecule has 19 heavy (non-hydrogen) atoms. The van der Waals surface area contributed by atoms with Gasteiger partial charge in [-0.25, -0.2) is 4.39 Å². The van der Waals surface area contributed by atoms with Crippen LogP contribution in [0.25, 0.3) is 0 Å². The van der Waals surface area contributed by atoms with E-state index < -0.39 is 0 Å². The molecular weight excluding hydrogens is 259 g/mol. The van der Waals surface area contributed by atoms with E-state index in [1.807, 2.05) is 6.07 Å². The zero-order valence-electron chi connectivity index (χ0n) is 11.3. The third-order valence-corrected chi connectivity index (χ3v) is 4.18. The first kappa shape index (κ1) is 14.3. The Morgan fingerprint density at radius 3 is 2.68 bits per heavy atom. The van der Waals surface area contributed by atoms with Crippen LogP contribution in [0.5, 0.6) is 0 Å². The molecule has 1 aliphatic carbocycles. The van der Waals surface area contributed by atoms with Gasteiger partial charge in [0, 0.05) is 12.2 Å². The van der Waals surface area contributed by atoms with E-state index in [1.54, 1.807) is 6.07 Å². The summed E-state index contributed by atoms with van der Waals surface area (Å²) in [5, 5.41) is 3.31. The van der Waals surface area contributed by atoms with E-state index in [-0.39, 0.29) is 10.8 Å². The molecule has 1 fully saturated rings. The van der Waals surface area contributed by atoms with Crippen molar-refractivity contribution in [1.82, 2.24) is 0 Å². The molecule has 1 aromatic carbocycles. The number of nitrogens with two attached hydrogens (primary N) is 1. The summed E-state index contributed by atoms with van der Waals surface area (Å²) in [7, 11) is 0. The number of nitrogens with one attached hydrogen (secondary N) is 1. The van der Waals surface area contributed by atoms with E-state index in [1.165, 1.54) is 31.7 Å². The van der Waals surface area contributed by atoms with Gasteiger partial charge in [-0.3, -0.25) is 0 Å². The number of anilines is 1. The highest BCUT2D eigenvalue weighted by Gasteiger charge is 2.19. The summed E-state index contributed by atoms with van der Waals surface area (Å²) in [4.78, 5) is 0.109. The average molecular weight is 280 g/mol. The molecule has 0 atom stereocenters. The first-order valence-corrected chi connectivity index (χ1v) is 7.31. The van der Waals surface area contributed by atoms with Gasteiger partial charge in [0.05, 0.1) is 5.56 Å². The molecule has 0 spiro atoms. The molecule has 4 heteroatoms. The van der Waals surface area contributed by atoms with Crippen molar-refractivity contribution < 1.29 is 4.39 Å². The minimum absolute atomic E-state index is 0.109. The Balaban J connectivity index is 2.00. The van der Waals surface area contributed by atoms with Gasteiger partial charge in [0.1, 0.15) is 10.8 Å². The van der Waals surface area contributed by atoms with Crippen LogP contribution in [0, 0.1) is 17.7 Å². The van der Waals surface area contributed by atoms with Crippen LogP contribution < -0.4 is 11.1 Å². The first-order valence-electron chi connectivity index (χ1n) is 6.90. The van der Waals surface area contributed by atoms with Crippen LogP contribution >= 0.6 is 12.2 Å². The smallest absolute Gasteiger partial charge is 0.135 e. The highest BCUT2D eigenvalue weighted by molar-refractivity contribution is 7.80. The number of halogens is 1. The average Bonchev–Trinajstić information content (AvgIpc) is 2.37. The Bertz CT molecular complexity index is 453. The summed E-state index contributed by atoms with van der Waals surface area (Å²) < 4.78 is 13.7. The largest absolute Gasteiger partial charge is 0.389 e. The van der Waals surface area contributed by atoms with Crippen LogP contribution in [-0.4, -0.2) is 11.5 Å². The fourth-order valence-electron chi connectivity index (χ4n) is 2.71. The Morgan fingerprint density at radius 2 is 2.05 bits per heavy atom. The molecule has 0 radical (unpaired) electrons. The quantitative estimate of drug-likeness (QED) is 0.826. The van der Waals surface area contributed by atoms with Crippen LogP contribution in [0.15, 0.2) is 18.2 Å². The molecule has 0 aliphatic heterocycles. The molecule has 1 aromatic rings. The van der Waals surface area contributed by atoms with Gasteiger partial charge in [0.15, 0.2) is 0 Å². The van der Waals surface area contributed by atoms with Crippen LogP contribution in [0.4, 0.5) is 10.1 Å². The minimum Gasteiger partial charge on any atom is -0.389 e. The van der Waals surface area contributed by atoms with Crippen molar-refractivity contribution in [3.63, 3.8) is 0 Å². The maximum absolute atomic E-state index is 13.7. The van der Waals surface area contributed by atoms with Gasteiger partial charge in [-0.1, -0.05) is 38.0 Å². The van der Waals surface area contributed by atoms with Gasteiger partial charge >= 0.3 is 0 Å². The third kappa shape index (κ3) is 3.66. The summed E-state index contributed by atoms with van der Waals surface area (Å²) in [5.41, 5.74) is 6.64. The van der Waals surface area contributed by atoms with Crippen molar-refractivity contribution in [1.29, 1.82) is 0 Å². The van der Waals surface area contributed by atoms with E-state index in [4.69, 9.17) is 18.0 Å². The standard InChI is InChI=1S/C15H21FN2S/c1-10-5-7-11(8-6-10)9-18-13-4-2-3-12(16)14(13)15(17)19/h2-4,10-11,18H,5-9H2,1H3,(H2,17,19). The van der Waals surface area contributed by atoms with Crippen LogP contribution in [0.3, 0.4) is 0 Å². The molecule has 0 aromatic heterocycles. The summed E-state index contributed by atoms with van der Waals surface area (Å²) in [6.45, 7) is 3.17. The van der Waals surface area contributed by atoms with Crippen LogP contribution in [0.2, 0.25) is 0 Å². The fraction of sp³-hybridized carbons (Fsp3) is 0.533. The van der Waals surface area contributed by atoms with Gasteiger partial charge in [-0.15, -0.1) is 0 Å². The zero-order valence-corrected chi connectivity index (χ0v) is 12.1. The highest BCUT2D eigenvalue weighted by Crippen LogP contribution is 2.29. The van der Waals surface area contributed by atoms with Crippen molar-refractivity contribution >= 4 is 22.9 Å². The molecule has 2 nitrogen and oxygen atoms in total. The molecular formula is C15H21FN2S. The topological polar surface area (TPSA) is 38.0 Å². The SMILES string of the molecule is CC1CCC(CNc2cccc(F)c2C(N)=S)CC1. The lowest BCUT2D eigenvalue weighted by atomic mass is 9.83. The third-order valence-electron chi connectivity index (χ3n) is 3.98. The van der Waals surface area contributed by atoms with Crippen molar-refractivity contribution in [3.8, 4) is 0 Å². The number of thiocarbonyl (C=S) groups is 1. The van der Waals surface area contributed by atoms with Gasteiger partial charge in [0.25, 0.3) is 0 Å². The van der Waals surface area contributed by atoms with Crippen molar-refractivity contribution in [3.05, 3.63) is 29.6 Å². The molecule has 104 valence electrons. The van der Waals surface area contributed by atoms with Gasteiger partial charge < -0.3 is 11.1 Å². The van der Waals surface area contributed by atoms with Gasteiger partial charge in [-0.2, -0.15) is 0 Å². The lowest BCUT2D eigenvalue weighted by Crippen LogP contribution is -2.22. The van der Waals surface area contributed by atoms with Gasteiger partial charge in [0.2, 0.25) is 0 Å². The van der Waals surface area contributed by atoms with Crippen molar-refractivity contribution in [2.75, 3.05) is 11.9 Å². The highest BCUT2D eigenvalue weighted by atomic mass is 32.1. The number of rotatable bonds is 4. The predicted octanol–water partition coefficient (Wildman–Crippen LogP) is 3.70. The maximum atomic E-state index is 13.7. The van der Waals surface area contributed by atoms with Crippen LogP contribution in [0.1, 0.15) is 38.2 Å². The Hall–Kier alpha value is -1.16. The Kier molecular flexibility index (Phi) is 4.75. The maximum Gasteiger partial charge on any atom is 0.135 e. The lowest BCUT2D eigenvalue weighted by Gasteiger charge is -2.27. The second kappa shape index (κ2) is 6.33. The molecule has 0 saturated heterocycles. The molecule has 3 N–H and O–H groups in total. The molecule has 0 amide bonds. The van der Waals surface area contributed by atoms with E-state index in [9.17, 15) is 4.39 Å². The first-order chi connectivity index (χ1) is 9.08. The minimum atomic E-state index is -0.352. The van der Waals surface area contributed by atoms with Gasteiger partial charge in [-0.05, 0) is 36.8 Å². The van der Waals surface area contributed by atoms with Crippen molar-refractivity contribution in [2.24, 2.45) is 17.6 Å². The molecule has 1 aliphatic rings. The van der Waals surface area contributed by atoms with E-state index in [2.05, 4.69) is 12.2 Å². The summed E-state index contributed by atoms with van der Waals surface area (Å²) >= 11 is 4.92. The number of hydrogen-bond acceptors (Lipinski definition) is 2. The number of benzene rings is 1. The molecule has 0 bridgehead atoms.